The van der Waals surface area contributed by atoms with Crippen LogP contribution >= 0.6 is 11.6 Å². The molecule has 2 aromatic rings. The van der Waals surface area contributed by atoms with Crippen LogP contribution in [0.25, 0.3) is 11.1 Å². The molecule has 1 aromatic carbocycles. The number of anilines is 1. The molecule has 1 fully saturated rings. The Kier molecular flexibility index (Phi) is 3.85. The second-order valence-corrected chi connectivity index (χ2v) is 5.35. The lowest BCUT2D eigenvalue weighted by Crippen LogP contribution is -2.44. The van der Waals surface area contributed by atoms with Gasteiger partial charge in [-0.3, -0.25) is 0 Å². The molecule has 0 aliphatic carbocycles. The number of halogens is 1. The zero-order valence-corrected chi connectivity index (χ0v) is 12.2. The van der Waals surface area contributed by atoms with Gasteiger partial charge in [-0.15, -0.1) is 0 Å². The molecule has 0 bridgehead atoms. The predicted octanol–water partition coefficient (Wildman–Crippen LogP) is 2.52. The van der Waals surface area contributed by atoms with Crippen LogP contribution in [0.4, 0.5) is 5.95 Å². The van der Waals surface area contributed by atoms with Gasteiger partial charge in [-0.05, 0) is 24.6 Å². The quantitative estimate of drug-likeness (QED) is 0.922. The van der Waals surface area contributed by atoms with Crippen molar-refractivity contribution in [2.24, 2.45) is 0 Å². The van der Waals surface area contributed by atoms with Gasteiger partial charge in [0.2, 0.25) is 5.95 Å². The lowest BCUT2D eigenvalue weighted by atomic mass is 10.1. The van der Waals surface area contributed by atoms with Crippen LogP contribution in [0.3, 0.4) is 0 Å². The summed E-state index contributed by atoms with van der Waals surface area (Å²) < 4.78 is 0. The molecule has 0 spiro atoms. The monoisotopic (exact) mass is 288 g/mol. The summed E-state index contributed by atoms with van der Waals surface area (Å²) in [5.41, 5.74) is 3.15. The standard InChI is InChI=1S/C15H17ClN4/c1-11-14(12-2-4-13(16)5-3-12)10-18-15(19-11)20-8-6-17-7-9-20/h2-5,10,17H,6-9H2,1H3. The van der Waals surface area contributed by atoms with E-state index in [9.17, 15) is 0 Å². The van der Waals surface area contributed by atoms with E-state index in [0.29, 0.717) is 0 Å². The van der Waals surface area contributed by atoms with Gasteiger partial charge in [0.1, 0.15) is 0 Å². The SMILES string of the molecule is Cc1nc(N2CCNCC2)ncc1-c1ccc(Cl)cc1. The summed E-state index contributed by atoms with van der Waals surface area (Å²) in [6, 6.07) is 7.78. The van der Waals surface area contributed by atoms with Crippen molar-refractivity contribution in [3.05, 3.63) is 41.2 Å². The van der Waals surface area contributed by atoms with Gasteiger partial charge >= 0.3 is 0 Å². The highest BCUT2D eigenvalue weighted by Gasteiger charge is 2.14. The molecular weight excluding hydrogens is 272 g/mol. The highest BCUT2D eigenvalue weighted by molar-refractivity contribution is 6.30. The van der Waals surface area contributed by atoms with Crippen molar-refractivity contribution in [1.29, 1.82) is 0 Å². The summed E-state index contributed by atoms with van der Waals surface area (Å²) in [4.78, 5) is 11.4. The van der Waals surface area contributed by atoms with Gasteiger partial charge in [-0.2, -0.15) is 0 Å². The van der Waals surface area contributed by atoms with Crippen LogP contribution in [0.5, 0.6) is 0 Å². The summed E-state index contributed by atoms with van der Waals surface area (Å²) in [5, 5.41) is 4.07. The maximum Gasteiger partial charge on any atom is 0.225 e. The Hall–Kier alpha value is -1.65. The highest BCUT2D eigenvalue weighted by atomic mass is 35.5. The van der Waals surface area contributed by atoms with Crippen LogP contribution in [-0.4, -0.2) is 36.1 Å². The van der Waals surface area contributed by atoms with Crippen molar-refractivity contribution < 1.29 is 0 Å². The van der Waals surface area contributed by atoms with E-state index in [2.05, 4.69) is 20.2 Å². The molecule has 20 heavy (non-hydrogen) atoms. The molecule has 1 N–H and O–H groups in total. The van der Waals surface area contributed by atoms with Gasteiger partial charge in [0.15, 0.2) is 0 Å². The van der Waals surface area contributed by atoms with Gasteiger partial charge in [0.05, 0.1) is 5.69 Å². The van der Waals surface area contributed by atoms with Crippen molar-refractivity contribution in [2.45, 2.75) is 6.92 Å². The zero-order chi connectivity index (χ0) is 13.9. The molecule has 0 unspecified atom stereocenters. The summed E-state index contributed by atoms with van der Waals surface area (Å²) in [6.07, 6.45) is 1.91. The number of nitrogens with zero attached hydrogens (tertiary/aromatic N) is 3. The smallest absolute Gasteiger partial charge is 0.225 e. The van der Waals surface area contributed by atoms with Gasteiger partial charge in [0.25, 0.3) is 0 Å². The third-order valence-electron chi connectivity index (χ3n) is 3.52. The molecule has 1 aromatic heterocycles. The Morgan fingerprint density at radius 3 is 2.50 bits per heavy atom. The molecule has 1 saturated heterocycles. The van der Waals surface area contributed by atoms with Crippen LogP contribution in [0.1, 0.15) is 5.69 Å². The van der Waals surface area contributed by atoms with Crippen molar-refractivity contribution in [1.82, 2.24) is 15.3 Å². The maximum absolute atomic E-state index is 5.92. The van der Waals surface area contributed by atoms with Crippen molar-refractivity contribution in [3.63, 3.8) is 0 Å². The van der Waals surface area contributed by atoms with Gasteiger partial charge in [0, 0.05) is 43.0 Å². The second-order valence-electron chi connectivity index (χ2n) is 4.91. The third-order valence-corrected chi connectivity index (χ3v) is 3.77. The van der Waals surface area contributed by atoms with Crippen molar-refractivity contribution >= 4 is 17.5 Å². The van der Waals surface area contributed by atoms with E-state index in [-0.39, 0.29) is 0 Å². The summed E-state index contributed by atoms with van der Waals surface area (Å²) >= 11 is 5.92. The first-order valence-corrected chi connectivity index (χ1v) is 7.17. The Labute approximate surface area is 123 Å². The average molecular weight is 289 g/mol. The molecule has 0 atom stereocenters. The van der Waals surface area contributed by atoms with Crippen molar-refractivity contribution in [3.8, 4) is 11.1 Å². The number of hydrogen-bond donors (Lipinski definition) is 1. The van der Waals surface area contributed by atoms with E-state index in [1.807, 2.05) is 37.4 Å². The first-order valence-electron chi connectivity index (χ1n) is 6.79. The van der Waals surface area contributed by atoms with Crippen LogP contribution in [0.2, 0.25) is 5.02 Å². The first-order chi connectivity index (χ1) is 9.74. The molecule has 1 aliphatic heterocycles. The minimum atomic E-state index is 0.741. The molecule has 0 saturated carbocycles. The van der Waals surface area contributed by atoms with Crippen LogP contribution in [-0.2, 0) is 0 Å². The minimum Gasteiger partial charge on any atom is -0.338 e. The molecular formula is C15H17ClN4. The Morgan fingerprint density at radius 2 is 1.85 bits per heavy atom. The average Bonchev–Trinajstić information content (AvgIpc) is 2.49. The van der Waals surface area contributed by atoms with Crippen molar-refractivity contribution in [2.75, 3.05) is 31.1 Å². The fourth-order valence-corrected chi connectivity index (χ4v) is 2.51. The number of aromatic nitrogens is 2. The van der Waals surface area contributed by atoms with Gasteiger partial charge in [-0.1, -0.05) is 23.7 Å². The fraction of sp³-hybridized carbons (Fsp3) is 0.333. The molecule has 104 valence electrons. The van der Waals surface area contributed by atoms with E-state index >= 15 is 0 Å². The number of aryl methyl sites for hydroxylation is 1. The van der Waals surface area contributed by atoms with Gasteiger partial charge in [-0.25, -0.2) is 9.97 Å². The van der Waals surface area contributed by atoms with Crippen LogP contribution < -0.4 is 10.2 Å². The zero-order valence-electron chi connectivity index (χ0n) is 11.4. The normalized spacial score (nSPS) is 15.4. The summed E-state index contributed by atoms with van der Waals surface area (Å²) in [6.45, 7) is 5.92. The van der Waals surface area contributed by atoms with E-state index in [4.69, 9.17) is 11.6 Å². The molecule has 0 amide bonds. The van der Waals surface area contributed by atoms with E-state index in [1.54, 1.807) is 0 Å². The molecule has 0 radical (unpaired) electrons. The number of hydrogen-bond acceptors (Lipinski definition) is 4. The largest absolute Gasteiger partial charge is 0.338 e. The number of benzene rings is 1. The van der Waals surface area contributed by atoms with Crippen LogP contribution in [0.15, 0.2) is 30.5 Å². The molecule has 1 aliphatic rings. The van der Waals surface area contributed by atoms with E-state index < -0.39 is 0 Å². The lowest BCUT2D eigenvalue weighted by Gasteiger charge is -2.27. The Bertz CT molecular complexity index is 591. The predicted molar refractivity (Wildman–Crippen MR) is 82.3 cm³/mol. The topological polar surface area (TPSA) is 41.1 Å². The van der Waals surface area contributed by atoms with Gasteiger partial charge < -0.3 is 10.2 Å². The summed E-state index contributed by atoms with van der Waals surface area (Å²) in [5.74, 6) is 0.821. The molecule has 4 nitrogen and oxygen atoms in total. The number of rotatable bonds is 2. The third kappa shape index (κ3) is 2.76. The lowest BCUT2D eigenvalue weighted by molar-refractivity contribution is 0.579. The molecule has 5 heteroatoms. The number of piperazine rings is 1. The molecule has 3 rings (SSSR count). The Morgan fingerprint density at radius 1 is 1.15 bits per heavy atom. The second kappa shape index (κ2) is 5.77. The fourth-order valence-electron chi connectivity index (χ4n) is 2.38. The minimum absolute atomic E-state index is 0.741. The van der Waals surface area contributed by atoms with E-state index in [1.165, 1.54) is 0 Å². The van der Waals surface area contributed by atoms with Crippen LogP contribution in [0, 0.1) is 6.92 Å². The first kappa shape index (κ1) is 13.3. The Balaban J connectivity index is 1.88. The highest BCUT2D eigenvalue weighted by Crippen LogP contribution is 2.24. The van der Waals surface area contributed by atoms with E-state index in [0.717, 1.165) is 54.0 Å². The summed E-state index contributed by atoms with van der Waals surface area (Å²) in [7, 11) is 0. The molecule has 2 heterocycles. The number of nitrogens with one attached hydrogen (secondary N) is 1. The maximum atomic E-state index is 5.92.